The van der Waals surface area contributed by atoms with Gasteiger partial charge in [0.05, 0.1) is 37.9 Å². The van der Waals surface area contributed by atoms with Crippen LogP contribution in [-0.2, 0) is 6.18 Å². The summed E-state index contributed by atoms with van der Waals surface area (Å²) in [6.07, 6.45) is -3.39. The standard InChI is InChI=1S/C28H23F3N6O5/c1-39-18-9-7-17(8-10-18)37-25(14-24(36-37)28(29,30)31)35-27(38)34-16-5-4-6-19(11-16)42-26-20-12-22(40-2)23(41-3)13-21(20)32-15-33-26/h4-15H,1-3H3,(H2,34,35,38). The number of hydrogen-bond acceptors (Lipinski definition) is 8. The van der Waals surface area contributed by atoms with Crippen LogP contribution in [0.2, 0.25) is 0 Å². The molecule has 14 heteroatoms. The molecular weight excluding hydrogens is 557 g/mol. The van der Waals surface area contributed by atoms with E-state index in [2.05, 4.69) is 25.7 Å². The van der Waals surface area contributed by atoms with E-state index in [1.54, 1.807) is 42.5 Å². The smallest absolute Gasteiger partial charge is 0.435 e. The molecule has 0 saturated heterocycles. The number of nitrogens with one attached hydrogen (secondary N) is 2. The fourth-order valence-electron chi connectivity index (χ4n) is 4.00. The van der Waals surface area contributed by atoms with Crippen molar-refractivity contribution < 1.29 is 36.9 Å². The van der Waals surface area contributed by atoms with Crippen molar-refractivity contribution in [2.45, 2.75) is 6.18 Å². The molecule has 0 unspecified atom stereocenters. The summed E-state index contributed by atoms with van der Waals surface area (Å²) in [7, 11) is 4.48. The van der Waals surface area contributed by atoms with E-state index in [9.17, 15) is 18.0 Å². The van der Waals surface area contributed by atoms with Crippen molar-refractivity contribution in [1.82, 2.24) is 19.7 Å². The Morgan fingerprint density at radius 1 is 0.833 bits per heavy atom. The lowest BCUT2D eigenvalue weighted by Gasteiger charge is -2.13. The van der Waals surface area contributed by atoms with E-state index in [1.807, 2.05) is 0 Å². The number of carbonyl (C=O) groups excluding carboxylic acids is 1. The highest BCUT2D eigenvalue weighted by atomic mass is 19.4. The van der Waals surface area contributed by atoms with Gasteiger partial charge in [-0.15, -0.1) is 0 Å². The van der Waals surface area contributed by atoms with E-state index in [-0.39, 0.29) is 17.4 Å². The monoisotopic (exact) mass is 580 g/mol. The van der Waals surface area contributed by atoms with Crippen LogP contribution in [0.5, 0.6) is 28.9 Å². The molecule has 0 saturated carbocycles. The molecule has 11 nitrogen and oxygen atoms in total. The third kappa shape index (κ3) is 5.96. The SMILES string of the molecule is COc1ccc(-n2nc(C(F)(F)F)cc2NC(=O)Nc2cccc(Oc3ncnc4cc(OC)c(OC)cc34)c2)cc1. The predicted octanol–water partition coefficient (Wildman–Crippen LogP) is 6.30. The van der Waals surface area contributed by atoms with Crippen molar-refractivity contribution in [3.8, 4) is 34.6 Å². The van der Waals surface area contributed by atoms with Crippen LogP contribution in [0.4, 0.5) is 29.5 Å². The number of urea groups is 1. The van der Waals surface area contributed by atoms with Crippen molar-refractivity contribution >= 4 is 28.4 Å². The second-order valence-electron chi connectivity index (χ2n) is 8.63. The number of methoxy groups -OCH3 is 3. The van der Waals surface area contributed by atoms with Crippen LogP contribution in [0.3, 0.4) is 0 Å². The van der Waals surface area contributed by atoms with E-state index in [0.717, 1.165) is 10.7 Å². The summed E-state index contributed by atoms with van der Waals surface area (Å²) in [5, 5.41) is 9.21. The summed E-state index contributed by atoms with van der Waals surface area (Å²) in [6.45, 7) is 0. The van der Waals surface area contributed by atoms with Gasteiger partial charge in [0, 0.05) is 23.9 Å². The van der Waals surface area contributed by atoms with Gasteiger partial charge in [0.25, 0.3) is 0 Å². The zero-order valence-electron chi connectivity index (χ0n) is 22.4. The minimum absolute atomic E-state index is 0.200. The van der Waals surface area contributed by atoms with Gasteiger partial charge in [0.2, 0.25) is 5.88 Å². The molecule has 0 aliphatic rings. The quantitative estimate of drug-likeness (QED) is 0.219. The normalized spacial score (nSPS) is 11.2. The number of anilines is 2. The molecule has 42 heavy (non-hydrogen) atoms. The summed E-state index contributed by atoms with van der Waals surface area (Å²) in [5.74, 6) is 1.80. The van der Waals surface area contributed by atoms with Crippen molar-refractivity contribution in [3.05, 3.63) is 78.8 Å². The Kier molecular flexibility index (Phi) is 7.69. The molecule has 5 rings (SSSR count). The third-order valence-electron chi connectivity index (χ3n) is 5.97. The zero-order valence-corrected chi connectivity index (χ0v) is 22.4. The van der Waals surface area contributed by atoms with E-state index in [0.29, 0.717) is 39.6 Å². The molecule has 2 N–H and O–H groups in total. The number of ether oxygens (including phenoxy) is 4. The number of nitrogens with zero attached hydrogens (tertiary/aromatic N) is 4. The fourth-order valence-corrected chi connectivity index (χ4v) is 4.00. The Morgan fingerprint density at radius 2 is 1.57 bits per heavy atom. The van der Waals surface area contributed by atoms with Gasteiger partial charge < -0.3 is 24.3 Å². The number of alkyl halides is 3. The lowest BCUT2D eigenvalue weighted by Crippen LogP contribution is -2.21. The van der Waals surface area contributed by atoms with E-state index in [1.165, 1.54) is 45.9 Å². The highest BCUT2D eigenvalue weighted by Gasteiger charge is 2.35. The van der Waals surface area contributed by atoms with Crippen molar-refractivity contribution in [2.24, 2.45) is 0 Å². The van der Waals surface area contributed by atoms with Crippen LogP contribution in [0.1, 0.15) is 5.69 Å². The Bertz CT molecular complexity index is 1740. The highest BCUT2D eigenvalue weighted by molar-refractivity contribution is 5.99. The molecular formula is C28H23F3N6O5. The van der Waals surface area contributed by atoms with Crippen LogP contribution in [-0.4, -0.2) is 47.1 Å². The summed E-state index contributed by atoms with van der Waals surface area (Å²) in [5.41, 5.74) is -0.0363. The Morgan fingerprint density at radius 3 is 2.26 bits per heavy atom. The first-order valence-corrected chi connectivity index (χ1v) is 12.2. The summed E-state index contributed by atoms with van der Waals surface area (Å²) in [4.78, 5) is 21.3. The van der Waals surface area contributed by atoms with Crippen molar-refractivity contribution in [2.75, 3.05) is 32.0 Å². The number of fused-ring (bicyclic) bond motifs is 1. The van der Waals surface area contributed by atoms with E-state index >= 15 is 0 Å². The average Bonchev–Trinajstić information content (AvgIpc) is 3.41. The molecule has 0 aliphatic carbocycles. The molecule has 3 aromatic carbocycles. The second-order valence-corrected chi connectivity index (χ2v) is 8.63. The number of halogens is 3. The van der Waals surface area contributed by atoms with Gasteiger partial charge in [0.1, 0.15) is 23.6 Å². The molecule has 2 heterocycles. The third-order valence-corrected chi connectivity index (χ3v) is 5.97. The number of aromatic nitrogens is 4. The van der Waals surface area contributed by atoms with Crippen LogP contribution < -0.4 is 29.6 Å². The molecule has 2 amide bonds. The number of benzene rings is 3. The lowest BCUT2D eigenvalue weighted by molar-refractivity contribution is -0.141. The van der Waals surface area contributed by atoms with Crippen molar-refractivity contribution in [1.29, 1.82) is 0 Å². The Balaban J connectivity index is 1.36. The molecule has 0 bridgehead atoms. The molecule has 5 aromatic rings. The first kappa shape index (κ1) is 28.0. The number of hydrogen-bond donors (Lipinski definition) is 2. The molecule has 216 valence electrons. The van der Waals surface area contributed by atoms with E-state index in [4.69, 9.17) is 18.9 Å². The van der Waals surface area contributed by atoms with Gasteiger partial charge in [-0.05, 0) is 42.5 Å². The first-order valence-electron chi connectivity index (χ1n) is 12.2. The van der Waals surface area contributed by atoms with Crippen LogP contribution in [0.15, 0.2) is 73.1 Å². The Labute approximate surface area is 236 Å². The number of rotatable bonds is 8. The number of amides is 2. The molecule has 0 spiro atoms. The van der Waals surface area contributed by atoms with Crippen LogP contribution in [0, 0.1) is 0 Å². The average molecular weight is 581 g/mol. The zero-order chi connectivity index (χ0) is 29.9. The first-order chi connectivity index (χ1) is 20.2. The Hall–Kier alpha value is -5.53. The minimum Gasteiger partial charge on any atom is -0.497 e. The second kappa shape index (κ2) is 11.5. The highest BCUT2D eigenvalue weighted by Crippen LogP contribution is 2.36. The summed E-state index contributed by atoms with van der Waals surface area (Å²) >= 11 is 0. The maximum atomic E-state index is 13.4. The van der Waals surface area contributed by atoms with Crippen molar-refractivity contribution in [3.63, 3.8) is 0 Å². The topological polar surface area (TPSA) is 122 Å². The maximum absolute atomic E-state index is 13.4. The molecule has 0 fully saturated rings. The minimum atomic E-state index is -4.73. The predicted molar refractivity (Wildman–Crippen MR) is 147 cm³/mol. The maximum Gasteiger partial charge on any atom is 0.435 e. The lowest BCUT2D eigenvalue weighted by atomic mass is 10.2. The fraction of sp³-hybridized carbons (Fsp3) is 0.143. The van der Waals surface area contributed by atoms with Gasteiger partial charge in [-0.25, -0.2) is 19.4 Å². The van der Waals surface area contributed by atoms with Crippen LogP contribution in [0.25, 0.3) is 16.6 Å². The van der Waals surface area contributed by atoms with Gasteiger partial charge in [-0.1, -0.05) is 6.07 Å². The molecule has 0 radical (unpaired) electrons. The van der Waals surface area contributed by atoms with Gasteiger partial charge in [-0.2, -0.15) is 18.3 Å². The van der Waals surface area contributed by atoms with Crippen LogP contribution >= 0.6 is 0 Å². The van der Waals surface area contributed by atoms with Gasteiger partial charge in [-0.3, -0.25) is 5.32 Å². The van der Waals surface area contributed by atoms with Gasteiger partial charge >= 0.3 is 12.2 Å². The molecule has 2 aromatic heterocycles. The largest absolute Gasteiger partial charge is 0.497 e. The molecule has 0 atom stereocenters. The molecule has 0 aliphatic heterocycles. The van der Waals surface area contributed by atoms with E-state index < -0.39 is 17.9 Å². The summed E-state index contributed by atoms with van der Waals surface area (Å²) in [6, 6.07) is 15.8. The van der Waals surface area contributed by atoms with Gasteiger partial charge in [0.15, 0.2) is 17.2 Å². The summed E-state index contributed by atoms with van der Waals surface area (Å²) < 4.78 is 63.1. The number of carbonyl (C=O) groups is 1.